The van der Waals surface area contributed by atoms with Crippen molar-refractivity contribution in [3.05, 3.63) is 237 Å². The molecule has 0 aliphatic carbocycles. The van der Waals surface area contributed by atoms with Gasteiger partial charge in [0.25, 0.3) is 0 Å². The van der Waals surface area contributed by atoms with Crippen molar-refractivity contribution >= 4 is 119 Å². The summed E-state index contributed by atoms with van der Waals surface area (Å²) in [5.41, 5.74) is 14.3. The van der Waals surface area contributed by atoms with Crippen LogP contribution in [0.3, 0.4) is 0 Å². The van der Waals surface area contributed by atoms with Crippen LogP contribution in [0.1, 0.15) is 0 Å². The summed E-state index contributed by atoms with van der Waals surface area (Å²) in [6, 6.07) is 84.6. The maximum Gasteiger partial charge on any atom is 0.137 e. The van der Waals surface area contributed by atoms with E-state index in [2.05, 4.69) is 205 Å². The zero-order valence-electron chi connectivity index (χ0n) is 38.1. The topological polar surface area (TPSA) is 34.5 Å². The van der Waals surface area contributed by atoms with Crippen LogP contribution in [-0.2, 0) is 0 Å². The summed E-state index contributed by atoms with van der Waals surface area (Å²) >= 11 is 1.88. The van der Waals surface area contributed by atoms with Crippen molar-refractivity contribution < 1.29 is 8.83 Å². The lowest BCUT2D eigenvalue weighted by molar-refractivity contribution is 0.668. The molecule has 0 saturated carbocycles. The van der Waals surface area contributed by atoms with Crippen LogP contribution in [0.15, 0.2) is 245 Å². The SMILES string of the molecule is CN(c1ccc(-c2cccc(-c3ccc4c(c3)c3cc5ccc6sc7ccccc7c6c5cc3n4-c3ccccc3)c2)cc1)c1ccc2c(c1)oc1ccccc12.c1ccc2c(c1)oc1ccccc12. The zero-order chi connectivity index (χ0) is 46.3. The van der Waals surface area contributed by atoms with E-state index >= 15 is 0 Å². The standard InChI is InChI=1S/C53H34N2OS.C12H8O/c1-54(40-24-25-42-41-14-5-7-16-49(41)56-50(42)31-40)38-22-18-33(19-23-38)34-10-9-11-35(28-34)36-20-26-47-45(29-36)46-30-37-21-27-52-53(43-15-6-8-17-51(43)57-52)44(37)32-48(46)55(47)39-12-3-2-4-13-39;1-3-7-11-9(5-1)10-6-2-4-8-12(10)13-11/h2-32H,1H3;1-8H. The first-order chi connectivity index (χ1) is 34.6. The molecule has 0 amide bonds. The molecule has 4 heterocycles. The van der Waals surface area contributed by atoms with Crippen LogP contribution in [0.25, 0.3) is 125 Å². The number of benzene rings is 11. The molecular formula is C65H42N2O2S. The van der Waals surface area contributed by atoms with E-state index in [1.165, 1.54) is 85.8 Å². The van der Waals surface area contributed by atoms with Crippen LogP contribution in [0.5, 0.6) is 0 Å². The Labute approximate surface area is 407 Å². The number of hydrogen-bond donors (Lipinski definition) is 0. The molecule has 0 atom stereocenters. The van der Waals surface area contributed by atoms with Crippen LogP contribution in [-0.4, -0.2) is 11.6 Å². The molecule has 0 N–H and O–H groups in total. The van der Waals surface area contributed by atoms with Gasteiger partial charge in [-0.05, 0) is 130 Å². The molecule has 4 aromatic heterocycles. The van der Waals surface area contributed by atoms with E-state index in [9.17, 15) is 0 Å². The molecule has 0 aliphatic heterocycles. The molecule has 0 saturated heterocycles. The fourth-order valence-electron chi connectivity index (χ4n) is 10.6. The van der Waals surface area contributed by atoms with Gasteiger partial charge in [-0.2, -0.15) is 0 Å². The maximum atomic E-state index is 6.18. The molecule has 0 bridgehead atoms. The van der Waals surface area contributed by atoms with E-state index in [0.717, 1.165) is 50.2 Å². The highest BCUT2D eigenvalue weighted by Gasteiger charge is 2.18. The van der Waals surface area contributed by atoms with Gasteiger partial charge in [0, 0.05) is 82.7 Å². The Hall–Kier alpha value is -8.90. The van der Waals surface area contributed by atoms with E-state index in [1.54, 1.807) is 0 Å². The Kier molecular flexibility index (Phi) is 9.26. The van der Waals surface area contributed by atoms with E-state index < -0.39 is 0 Å². The molecule has 0 fully saturated rings. The van der Waals surface area contributed by atoms with Gasteiger partial charge in [0.15, 0.2) is 0 Å². The fraction of sp³-hybridized carbons (Fsp3) is 0.0154. The monoisotopic (exact) mass is 914 g/mol. The number of para-hydroxylation sites is 4. The molecule has 0 unspecified atom stereocenters. The second-order valence-electron chi connectivity index (χ2n) is 18.1. The Balaban J connectivity index is 0.000000304. The Morgan fingerprint density at radius 3 is 1.64 bits per heavy atom. The Morgan fingerprint density at radius 1 is 0.343 bits per heavy atom. The number of nitrogens with zero attached hydrogens (tertiary/aromatic N) is 2. The summed E-state index contributed by atoms with van der Waals surface area (Å²) < 4.78 is 16.9. The number of anilines is 2. The minimum Gasteiger partial charge on any atom is -0.456 e. The lowest BCUT2D eigenvalue weighted by Crippen LogP contribution is -2.08. The first-order valence-electron chi connectivity index (χ1n) is 23.7. The molecule has 5 heteroatoms. The van der Waals surface area contributed by atoms with Gasteiger partial charge in [0.2, 0.25) is 0 Å². The van der Waals surface area contributed by atoms with Gasteiger partial charge in [-0.25, -0.2) is 0 Å². The third-order valence-corrected chi connectivity index (χ3v) is 15.2. The Bertz CT molecular complexity index is 4450. The Morgan fingerprint density at radius 2 is 0.914 bits per heavy atom. The number of hydrogen-bond acceptors (Lipinski definition) is 4. The molecule has 11 aromatic carbocycles. The predicted molar refractivity (Wildman–Crippen MR) is 298 cm³/mol. The van der Waals surface area contributed by atoms with Gasteiger partial charge in [-0.1, -0.05) is 133 Å². The van der Waals surface area contributed by atoms with Crippen molar-refractivity contribution in [2.24, 2.45) is 0 Å². The maximum absolute atomic E-state index is 6.18. The number of rotatable bonds is 5. The lowest BCUT2D eigenvalue weighted by Gasteiger charge is -2.20. The van der Waals surface area contributed by atoms with Gasteiger partial charge < -0.3 is 18.3 Å². The molecule has 0 aliphatic rings. The summed E-state index contributed by atoms with van der Waals surface area (Å²) in [5, 5.41) is 12.4. The average Bonchev–Trinajstić information content (AvgIpc) is 4.19. The average molecular weight is 915 g/mol. The van der Waals surface area contributed by atoms with Gasteiger partial charge in [-0.3, -0.25) is 0 Å². The molecule has 70 heavy (non-hydrogen) atoms. The summed E-state index contributed by atoms with van der Waals surface area (Å²) in [5.74, 6) is 0. The van der Waals surface area contributed by atoms with Crippen LogP contribution in [0.2, 0.25) is 0 Å². The number of thiophene rings is 1. The molecule has 15 aromatic rings. The normalized spacial score (nSPS) is 11.8. The molecule has 4 nitrogen and oxygen atoms in total. The first kappa shape index (κ1) is 40.2. The number of fused-ring (bicyclic) bond motifs is 14. The van der Waals surface area contributed by atoms with Gasteiger partial charge >= 0.3 is 0 Å². The number of furan rings is 2. The smallest absolute Gasteiger partial charge is 0.137 e. The van der Waals surface area contributed by atoms with Crippen LogP contribution in [0.4, 0.5) is 11.4 Å². The van der Waals surface area contributed by atoms with E-state index in [-0.39, 0.29) is 0 Å². The minimum absolute atomic E-state index is 0.902. The molecule has 0 spiro atoms. The van der Waals surface area contributed by atoms with Gasteiger partial charge in [0.1, 0.15) is 22.3 Å². The van der Waals surface area contributed by atoms with Crippen molar-refractivity contribution in [1.82, 2.24) is 4.57 Å². The van der Waals surface area contributed by atoms with Crippen LogP contribution >= 0.6 is 11.3 Å². The van der Waals surface area contributed by atoms with E-state index in [0.29, 0.717) is 0 Å². The molecule has 330 valence electrons. The quantitative estimate of drug-likeness (QED) is 0.173. The number of aromatic nitrogens is 1. The van der Waals surface area contributed by atoms with Crippen molar-refractivity contribution in [2.45, 2.75) is 0 Å². The highest BCUT2D eigenvalue weighted by atomic mass is 32.1. The fourth-order valence-corrected chi connectivity index (χ4v) is 11.7. The minimum atomic E-state index is 0.902. The second-order valence-corrected chi connectivity index (χ2v) is 19.2. The third-order valence-electron chi connectivity index (χ3n) is 14.1. The van der Waals surface area contributed by atoms with Crippen LogP contribution < -0.4 is 4.90 Å². The molecule has 0 radical (unpaired) electrons. The van der Waals surface area contributed by atoms with Crippen molar-refractivity contribution in [3.8, 4) is 27.9 Å². The molecular weight excluding hydrogens is 873 g/mol. The summed E-state index contributed by atoms with van der Waals surface area (Å²) in [6.07, 6.45) is 0. The summed E-state index contributed by atoms with van der Waals surface area (Å²) in [6.45, 7) is 0. The largest absolute Gasteiger partial charge is 0.456 e. The predicted octanol–water partition coefficient (Wildman–Crippen LogP) is 18.9. The lowest BCUT2D eigenvalue weighted by atomic mass is 9.97. The van der Waals surface area contributed by atoms with E-state index in [1.807, 2.05) is 59.9 Å². The van der Waals surface area contributed by atoms with E-state index in [4.69, 9.17) is 8.83 Å². The van der Waals surface area contributed by atoms with Crippen molar-refractivity contribution in [1.29, 1.82) is 0 Å². The third kappa shape index (κ3) is 6.58. The van der Waals surface area contributed by atoms with Crippen LogP contribution in [0, 0.1) is 0 Å². The van der Waals surface area contributed by atoms with Gasteiger partial charge in [0.05, 0.1) is 11.0 Å². The van der Waals surface area contributed by atoms with Gasteiger partial charge in [-0.15, -0.1) is 11.3 Å². The summed E-state index contributed by atoms with van der Waals surface area (Å²) in [7, 11) is 2.11. The van der Waals surface area contributed by atoms with Crippen molar-refractivity contribution in [2.75, 3.05) is 11.9 Å². The summed E-state index contributed by atoms with van der Waals surface area (Å²) in [4.78, 5) is 2.21. The zero-order valence-corrected chi connectivity index (χ0v) is 39.0. The molecule has 15 rings (SSSR count). The first-order valence-corrected chi connectivity index (χ1v) is 24.5. The second kappa shape index (κ2) is 16.1. The highest BCUT2D eigenvalue weighted by molar-refractivity contribution is 7.26. The van der Waals surface area contributed by atoms with Crippen molar-refractivity contribution in [3.63, 3.8) is 0 Å². The highest BCUT2D eigenvalue weighted by Crippen LogP contribution is 2.43.